The number of imide groups is 1. The van der Waals surface area contributed by atoms with E-state index in [2.05, 4.69) is 0 Å². The molecule has 1 heterocycles. The van der Waals surface area contributed by atoms with Crippen LogP contribution in [0.1, 0.15) is 53.5 Å². The Bertz CT molecular complexity index is 893. The molecule has 9 heteroatoms. The van der Waals surface area contributed by atoms with Crippen molar-refractivity contribution in [3.63, 3.8) is 0 Å². The number of halogens is 1. The van der Waals surface area contributed by atoms with E-state index < -0.39 is 29.3 Å². The molecule has 170 valence electrons. The fraction of sp³-hybridized carbons (Fsp3) is 0.500. The first-order valence-electron chi connectivity index (χ1n) is 10.0. The van der Waals surface area contributed by atoms with Crippen molar-refractivity contribution in [2.24, 2.45) is 0 Å². The summed E-state index contributed by atoms with van der Waals surface area (Å²) in [5.74, 6) is -0.318. The van der Waals surface area contributed by atoms with Crippen molar-refractivity contribution in [2.75, 3.05) is 13.2 Å². The van der Waals surface area contributed by atoms with Crippen molar-refractivity contribution in [1.82, 2.24) is 4.90 Å². The van der Waals surface area contributed by atoms with Crippen LogP contribution in [0, 0.1) is 0 Å². The second-order valence-electron chi connectivity index (χ2n) is 7.95. The molecule has 2 amide bonds. The van der Waals surface area contributed by atoms with Crippen LogP contribution >= 0.6 is 23.4 Å². The molecule has 1 unspecified atom stereocenters. The van der Waals surface area contributed by atoms with E-state index >= 15 is 0 Å². The number of thioether (sulfide) groups is 1. The molecule has 1 aromatic carbocycles. The van der Waals surface area contributed by atoms with Gasteiger partial charge in [-0.1, -0.05) is 18.5 Å². The van der Waals surface area contributed by atoms with Crippen LogP contribution < -0.4 is 9.47 Å². The molecule has 1 atom stereocenters. The number of benzene rings is 1. The summed E-state index contributed by atoms with van der Waals surface area (Å²) in [4.78, 5) is 38.1. The predicted octanol–water partition coefficient (Wildman–Crippen LogP) is 5.29. The Morgan fingerprint density at radius 1 is 1.26 bits per heavy atom. The smallest absolute Gasteiger partial charge is 0.326 e. The molecule has 2 rings (SSSR count). The Morgan fingerprint density at radius 3 is 2.52 bits per heavy atom. The molecule has 1 aliphatic heterocycles. The number of amides is 2. The van der Waals surface area contributed by atoms with E-state index in [4.69, 9.17) is 25.8 Å². The normalized spacial score (nSPS) is 16.6. The molecule has 0 aliphatic carbocycles. The minimum Gasteiger partial charge on any atom is -0.490 e. The summed E-state index contributed by atoms with van der Waals surface area (Å²) < 4.78 is 16.7. The van der Waals surface area contributed by atoms with Crippen LogP contribution in [0.4, 0.5) is 4.79 Å². The first-order chi connectivity index (χ1) is 14.4. The summed E-state index contributed by atoms with van der Waals surface area (Å²) in [5, 5.41) is -0.194. The molecule has 7 nitrogen and oxygen atoms in total. The average molecular weight is 470 g/mol. The van der Waals surface area contributed by atoms with E-state index in [1.807, 2.05) is 20.8 Å². The lowest BCUT2D eigenvalue weighted by atomic mass is 10.1. The van der Waals surface area contributed by atoms with Gasteiger partial charge in [-0.2, -0.15) is 0 Å². The molecule has 1 saturated heterocycles. The number of hydrogen-bond acceptors (Lipinski definition) is 7. The highest BCUT2D eigenvalue weighted by molar-refractivity contribution is 8.18. The van der Waals surface area contributed by atoms with Gasteiger partial charge in [0.15, 0.2) is 11.5 Å². The summed E-state index contributed by atoms with van der Waals surface area (Å²) in [6.45, 7) is 10.9. The van der Waals surface area contributed by atoms with Gasteiger partial charge in [-0.15, -0.1) is 0 Å². The number of rotatable bonds is 8. The Morgan fingerprint density at radius 2 is 1.94 bits per heavy atom. The van der Waals surface area contributed by atoms with Gasteiger partial charge in [0.2, 0.25) is 0 Å². The van der Waals surface area contributed by atoms with Crippen molar-refractivity contribution in [1.29, 1.82) is 0 Å². The SMILES string of the molecule is CCOc1cc(C=C2SC(=O)N(CC(=O)OC(C)(C)C)C2=O)cc(Cl)c1OC(C)CC. The van der Waals surface area contributed by atoms with E-state index in [1.165, 1.54) is 0 Å². The molecule has 0 bridgehead atoms. The third-order valence-corrected chi connectivity index (χ3v) is 5.29. The van der Waals surface area contributed by atoms with Gasteiger partial charge in [0, 0.05) is 0 Å². The third kappa shape index (κ3) is 6.90. The number of hydrogen-bond donors (Lipinski definition) is 0. The zero-order valence-electron chi connectivity index (χ0n) is 18.6. The standard InChI is InChI=1S/C22H28ClNO6S/c1-7-13(3)29-19-15(23)9-14(10-16(19)28-8-2)11-17-20(26)24(21(27)31-17)12-18(25)30-22(4,5)6/h9-11,13H,7-8,12H2,1-6H3. The van der Waals surface area contributed by atoms with Gasteiger partial charge >= 0.3 is 5.97 Å². The molecular weight excluding hydrogens is 442 g/mol. The summed E-state index contributed by atoms with van der Waals surface area (Å²) in [7, 11) is 0. The first kappa shape index (κ1) is 25.1. The maximum atomic E-state index is 12.7. The predicted molar refractivity (Wildman–Crippen MR) is 122 cm³/mol. The second-order valence-corrected chi connectivity index (χ2v) is 9.35. The second kappa shape index (κ2) is 10.4. The molecule has 0 aromatic heterocycles. The van der Waals surface area contributed by atoms with E-state index in [-0.39, 0.29) is 11.0 Å². The van der Waals surface area contributed by atoms with E-state index in [1.54, 1.807) is 39.0 Å². The molecule has 0 N–H and O–H groups in total. The van der Waals surface area contributed by atoms with Gasteiger partial charge < -0.3 is 14.2 Å². The van der Waals surface area contributed by atoms with Gasteiger partial charge in [0.25, 0.3) is 11.1 Å². The van der Waals surface area contributed by atoms with Gasteiger partial charge in [0.1, 0.15) is 12.1 Å². The summed E-state index contributed by atoms with van der Waals surface area (Å²) in [6, 6.07) is 3.35. The van der Waals surface area contributed by atoms with Gasteiger partial charge in [-0.25, -0.2) is 0 Å². The number of nitrogens with zero attached hydrogens (tertiary/aromatic N) is 1. The van der Waals surface area contributed by atoms with E-state index in [9.17, 15) is 14.4 Å². The molecule has 1 aliphatic rings. The highest BCUT2D eigenvalue weighted by Crippen LogP contribution is 2.39. The van der Waals surface area contributed by atoms with Crippen LogP contribution in [0.25, 0.3) is 6.08 Å². The zero-order valence-corrected chi connectivity index (χ0v) is 20.2. The summed E-state index contributed by atoms with van der Waals surface area (Å²) in [6.07, 6.45) is 2.29. The Kier molecular flexibility index (Phi) is 8.42. The van der Waals surface area contributed by atoms with Crippen LogP contribution in [-0.2, 0) is 14.3 Å². The van der Waals surface area contributed by atoms with Gasteiger partial charge in [-0.3, -0.25) is 19.3 Å². The highest BCUT2D eigenvalue weighted by atomic mass is 35.5. The number of ether oxygens (including phenoxy) is 3. The van der Waals surface area contributed by atoms with E-state index in [0.717, 1.165) is 23.1 Å². The Balaban J connectivity index is 2.27. The maximum Gasteiger partial charge on any atom is 0.326 e. The van der Waals surface area contributed by atoms with Crippen LogP contribution in [0.3, 0.4) is 0 Å². The zero-order chi connectivity index (χ0) is 23.3. The van der Waals surface area contributed by atoms with Crippen molar-refractivity contribution in [3.8, 4) is 11.5 Å². The van der Waals surface area contributed by atoms with Crippen molar-refractivity contribution < 1.29 is 28.6 Å². The topological polar surface area (TPSA) is 82.1 Å². The number of carbonyl (C=O) groups is 3. The first-order valence-corrected chi connectivity index (χ1v) is 11.2. The minimum atomic E-state index is -0.708. The lowest BCUT2D eigenvalue weighted by Crippen LogP contribution is -2.37. The van der Waals surface area contributed by atoms with Gasteiger partial charge in [0.05, 0.1) is 22.6 Å². The number of carbonyl (C=O) groups excluding carboxylic acids is 3. The minimum absolute atomic E-state index is 0.0492. The molecule has 1 fully saturated rings. The maximum absolute atomic E-state index is 12.7. The molecule has 31 heavy (non-hydrogen) atoms. The van der Waals surface area contributed by atoms with Crippen LogP contribution in [0.15, 0.2) is 17.0 Å². The summed E-state index contributed by atoms with van der Waals surface area (Å²) >= 11 is 7.17. The monoisotopic (exact) mass is 469 g/mol. The molecule has 1 aromatic rings. The molecular formula is C22H28ClNO6S. The summed E-state index contributed by atoms with van der Waals surface area (Å²) in [5.41, 5.74) is -0.132. The average Bonchev–Trinajstić information content (AvgIpc) is 2.90. The highest BCUT2D eigenvalue weighted by Gasteiger charge is 2.37. The fourth-order valence-corrected chi connectivity index (χ4v) is 3.73. The van der Waals surface area contributed by atoms with Crippen LogP contribution in [-0.4, -0.2) is 46.9 Å². The molecule has 0 radical (unpaired) electrons. The number of esters is 1. The van der Waals surface area contributed by atoms with E-state index in [0.29, 0.717) is 28.7 Å². The quantitative estimate of drug-likeness (QED) is 0.377. The van der Waals surface area contributed by atoms with Crippen molar-refractivity contribution in [2.45, 2.75) is 59.7 Å². The lowest BCUT2D eigenvalue weighted by molar-refractivity contribution is -0.156. The largest absolute Gasteiger partial charge is 0.490 e. The lowest BCUT2D eigenvalue weighted by Gasteiger charge is -2.21. The third-order valence-electron chi connectivity index (χ3n) is 4.10. The van der Waals surface area contributed by atoms with Crippen molar-refractivity contribution in [3.05, 3.63) is 27.6 Å². The van der Waals surface area contributed by atoms with Crippen LogP contribution in [0.5, 0.6) is 11.5 Å². The van der Waals surface area contributed by atoms with Crippen molar-refractivity contribution >= 4 is 46.6 Å². The Labute approximate surface area is 192 Å². The molecule has 0 saturated carbocycles. The molecule has 0 spiro atoms. The van der Waals surface area contributed by atoms with Gasteiger partial charge in [-0.05, 0) is 76.6 Å². The Hall–Kier alpha value is -2.19. The fourth-order valence-electron chi connectivity index (χ4n) is 2.62. The van der Waals surface area contributed by atoms with Crippen LogP contribution in [0.2, 0.25) is 5.02 Å².